The predicted octanol–water partition coefficient (Wildman–Crippen LogP) is 1.64. The molecule has 1 heterocycles. The van der Waals surface area contributed by atoms with E-state index in [0.717, 1.165) is 0 Å². The lowest BCUT2D eigenvalue weighted by atomic mass is 9.69. The second-order valence-corrected chi connectivity index (χ2v) is 6.21. The zero-order valence-corrected chi connectivity index (χ0v) is 15.0. The van der Waals surface area contributed by atoms with Gasteiger partial charge in [-0.15, -0.1) is 0 Å². The highest BCUT2D eigenvalue weighted by Gasteiger charge is 2.57. The van der Waals surface area contributed by atoms with Crippen molar-refractivity contribution >= 4 is 12.0 Å². The summed E-state index contributed by atoms with van der Waals surface area (Å²) in [6.07, 6.45) is -1.32. The first kappa shape index (κ1) is 18.5. The minimum Gasteiger partial charge on any atom is -0.466 e. The Morgan fingerprint density at radius 3 is 1.96 bits per heavy atom. The summed E-state index contributed by atoms with van der Waals surface area (Å²) in [6.45, 7) is 1.62. The van der Waals surface area contributed by atoms with Crippen molar-refractivity contribution in [3.05, 3.63) is 83.1 Å². The first-order valence-electron chi connectivity index (χ1n) is 8.38. The van der Waals surface area contributed by atoms with Gasteiger partial charge in [-0.05, 0) is 18.1 Å². The molecule has 0 saturated heterocycles. The van der Waals surface area contributed by atoms with Crippen molar-refractivity contribution in [2.24, 2.45) is 5.73 Å². The molecule has 0 saturated carbocycles. The van der Waals surface area contributed by atoms with Crippen molar-refractivity contribution in [3.63, 3.8) is 0 Å². The molecule has 140 valence electrons. The van der Waals surface area contributed by atoms with Crippen molar-refractivity contribution in [1.29, 1.82) is 0 Å². The number of hydrogen-bond donors (Lipinski definition) is 3. The third-order valence-corrected chi connectivity index (χ3v) is 4.83. The number of carbonyl (C=O) groups is 2. The van der Waals surface area contributed by atoms with Gasteiger partial charge in [-0.25, -0.2) is 15.0 Å². The number of urea groups is 1. The second kappa shape index (κ2) is 7.13. The average molecular weight is 367 g/mol. The lowest BCUT2D eigenvalue weighted by molar-refractivity contribution is -0.137. The summed E-state index contributed by atoms with van der Waals surface area (Å²) < 4.78 is 5.03. The topological polar surface area (TPSA) is 105 Å². The van der Waals surface area contributed by atoms with Gasteiger partial charge in [-0.2, -0.15) is 0 Å². The molecular formula is C20H21N3O4. The second-order valence-electron chi connectivity index (χ2n) is 6.21. The molecule has 3 rings (SSSR count). The quantitative estimate of drug-likeness (QED) is 0.713. The number of amides is 2. The molecule has 0 bridgehead atoms. The summed E-state index contributed by atoms with van der Waals surface area (Å²) in [4.78, 5) is 24.3. The van der Waals surface area contributed by atoms with Crippen LogP contribution < -0.4 is 11.2 Å². The van der Waals surface area contributed by atoms with E-state index in [2.05, 4.69) is 5.43 Å². The summed E-state index contributed by atoms with van der Waals surface area (Å²) in [5.41, 5.74) is 8.33. The van der Waals surface area contributed by atoms with E-state index < -0.39 is 23.6 Å². The van der Waals surface area contributed by atoms with Gasteiger partial charge in [0.05, 0.1) is 12.7 Å². The van der Waals surface area contributed by atoms with E-state index in [1.807, 2.05) is 60.7 Å². The van der Waals surface area contributed by atoms with Gasteiger partial charge in [-0.1, -0.05) is 60.7 Å². The number of hydrogen-bond acceptors (Lipinski definition) is 5. The largest absolute Gasteiger partial charge is 0.466 e. The Kier molecular flexibility index (Phi) is 4.87. The molecular weight excluding hydrogens is 346 g/mol. The number of primary amides is 1. The smallest absolute Gasteiger partial charge is 0.337 e. The van der Waals surface area contributed by atoms with E-state index in [-0.39, 0.29) is 5.57 Å². The third-order valence-electron chi connectivity index (χ3n) is 4.83. The van der Waals surface area contributed by atoms with E-state index in [0.29, 0.717) is 16.8 Å². The molecule has 27 heavy (non-hydrogen) atoms. The fraction of sp³-hybridized carbons (Fsp3) is 0.200. The number of nitrogens with one attached hydrogen (secondary N) is 1. The Balaban J connectivity index is 2.36. The SMILES string of the molecule is COC(=O)C1=C(C)N(NC(N)=O)[C@@H](O)C1(c1ccccc1)c1ccccc1. The zero-order valence-electron chi connectivity index (χ0n) is 15.0. The van der Waals surface area contributed by atoms with E-state index >= 15 is 0 Å². The van der Waals surface area contributed by atoms with Crippen LogP contribution in [0.5, 0.6) is 0 Å². The number of ether oxygens (including phenoxy) is 1. The van der Waals surface area contributed by atoms with Crippen LogP contribution >= 0.6 is 0 Å². The van der Waals surface area contributed by atoms with E-state index in [9.17, 15) is 14.7 Å². The molecule has 2 amide bonds. The highest BCUT2D eigenvalue weighted by atomic mass is 16.5. The highest BCUT2D eigenvalue weighted by Crippen LogP contribution is 2.49. The maximum absolute atomic E-state index is 12.8. The maximum atomic E-state index is 12.8. The number of nitrogens with two attached hydrogens (primary N) is 1. The van der Waals surface area contributed by atoms with Crippen molar-refractivity contribution in [1.82, 2.24) is 10.4 Å². The molecule has 7 nitrogen and oxygen atoms in total. The molecule has 0 aliphatic carbocycles. The summed E-state index contributed by atoms with van der Waals surface area (Å²) in [5, 5.41) is 12.5. The number of aliphatic hydroxyl groups excluding tert-OH is 1. The van der Waals surface area contributed by atoms with Crippen LogP contribution in [0, 0.1) is 0 Å². The molecule has 0 radical (unpaired) electrons. The first-order valence-corrected chi connectivity index (χ1v) is 8.38. The fourth-order valence-electron chi connectivity index (χ4n) is 3.74. The van der Waals surface area contributed by atoms with Gasteiger partial charge in [0.2, 0.25) is 0 Å². The number of rotatable bonds is 4. The summed E-state index contributed by atoms with van der Waals surface area (Å²) >= 11 is 0. The van der Waals surface area contributed by atoms with Crippen LogP contribution in [0.15, 0.2) is 71.9 Å². The standard InChI is InChI=1S/C20H21N3O4/c1-13-16(17(24)27-2)20(14-9-5-3-6-10-14,15-11-7-4-8-12-15)18(25)23(13)22-19(21)26/h3-12,18,25H,1-2H3,(H3,21,22,26)/t18-/m0/s1. The predicted molar refractivity (Wildman–Crippen MR) is 98.9 cm³/mol. The Hall–Kier alpha value is -3.32. The minimum atomic E-state index is -1.32. The summed E-state index contributed by atoms with van der Waals surface area (Å²) in [7, 11) is 1.28. The first-order chi connectivity index (χ1) is 12.9. The third kappa shape index (κ3) is 2.82. The van der Waals surface area contributed by atoms with Gasteiger partial charge < -0.3 is 15.6 Å². The van der Waals surface area contributed by atoms with Crippen molar-refractivity contribution in [2.75, 3.05) is 7.11 Å². The van der Waals surface area contributed by atoms with Crippen molar-refractivity contribution in [2.45, 2.75) is 18.6 Å². The molecule has 4 N–H and O–H groups in total. The number of methoxy groups -OCH3 is 1. The molecule has 0 aromatic heterocycles. The van der Waals surface area contributed by atoms with Crippen molar-refractivity contribution < 1.29 is 19.4 Å². The van der Waals surface area contributed by atoms with Crippen LogP contribution in [0.3, 0.4) is 0 Å². The van der Waals surface area contributed by atoms with Crippen LogP contribution in [0.25, 0.3) is 0 Å². The lowest BCUT2D eigenvalue weighted by Gasteiger charge is -2.37. The molecule has 2 aromatic carbocycles. The van der Waals surface area contributed by atoms with Crippen LogP contribution in [0.1, 0.15) is 18.1 Å². The van der Waals surface area contributed by atoms with E-state index in [4.69, 9.17) is 10.5 Å². The summed E-state index contributed by atoms with van der Waals surface area (Å²) in [5.74, 6) is -0.604. The van der Waals surface area contributed by atoms with Gasteiger partial charge >= 0.3 is 12.0 Å². The Bertz CT molecular complexity index is 841. The fourth-order valence-corrected chi connectivity index (χ4v) is 3.74. The molecule has 7 heteroatoms. The average Bonchev–Trinajstić information content (AvgIpc) is 2.90. The molecule has 1 aliphatic heterocycles. The maximum Gasteiger partial charge on any atom is 0.337 e. The van der Waals surface area contributed by atoms with Gasteiger partial charge in [-0.3, -0.25) is 5.01 Å². The number of allylic oxidation sites excluding steroid dienone is 1. The lowest BCUT2D eigenvalue weighted by Crippen LogP contribution is -2.53. The minimum absolute atomic E-state index is 0.226. The number of carbonyl (C=O) groups excluding carboxylic acids is 2. The molecule has 1 atom stereocenters. The van der Waals surface area contributed by atoms with Crippen LogP contribution in [0.2, 0.25) is 0 Å². The van der Waals surface area contributed by atoms with Crippen LogP contribution in [0.4, 0.5) is 4.79 Å². The van der Waals surface area contributed by atoms with E-state index in [1.165, 1.54) is 12.1 Å². The molecule has 0 unspecified atom stereocenters. The summed E-state index contributed by atoms with van der Waals surface area (Å²) in [6, 6.07) is 17.4. The number of aliphatic hydroxyl groups is 1. The van der Waals surface area contributed by atoms with Crippen LogP contribution in [-0.2, 0) is 14.9 Å². The van der Waals surface area contributed by atoms with Gasteiger partial charge in [0.25, 0.3) is 0 Å². The number of hydrazine groups is 1. The number of nitrogens with zero attached hydrogens (tertiary/aromatic N) is 1. The molecule has 0 fully saturated rings. The molecule has 0 spiro atoms. The number of esters is 1. The Morgan fingerprint density at radius 1 is 1.07 bits per heavy atom. The van der Waals surface area contributed by atoms with Gasteiger partial charge in [0.15, 0.2) is 6.23 Å². The Labute approximate surface area is 157 Å². The monoisotopic (exact) mass is 367 g/mol. The molecule has 1 aliphatic rings. The molecule has 2 aromatic rings. The van der Waals surface area contributed by atoms with E-state index in [1.54, 1.807) is 6.92 Å². The van der Waals surface area contributed by atoms with Gasteiger partial charge in [0, 0.05) is 5.70 Å². The highest BCUT2D eigenvalue weighted by molar-refractivity contribution is 5.95. The van der Waals surface area contributed by atoms with Crippen molar-refractivity contribution in [3.8, 4) is 0 Å². The zero-order chi connectivity index (χ0) is 19.6. The Morgan fingerprint density at radius 2 is 1.56 bits per heavy atom. The van der Waals surface area contributed by atoms with Crippen LogP contribution in [-0.4, -0.2) is 35.5 Å². The number of benzene rings is 2. The van der Waals surface area contributed by atoms with Gasteiger partial charge in [0.1, 0.15) is 5.41 Å². The normalized spacial score (nSPS) is 18.3.